The van der Waals surface area contributed by atoms with E-state index in [-0.39, 0.29) is 93.2 Å². The first kappa shape index (κ1) is 151. The molecule has 15 N–H and O–H groups in total. The van der Waals surface area contributed by atoms with Crippen molar-refractivity contribution in [3.05, 3.63) is 325 Å². The van der Waals surface area contributed by atoms with Crippen LogP contribution < -0.4 is 28.7 Å². The number of nitrogens with zero attached hydrogens (tertiary/aromatic N) is 18. The number of para-hydroxylation sites is 4. The standard InChI is InChI=1S/C9H5Br3N2.C9H6BrN3O.C9H4BrN3.C9H5BrN2O.C9H7BrN2.C9H7ClN2.C9H8N2O.C9H8N2.C8H9NO2.C2H4O2.CCl4.CH4N2.CH3NO.5CH4.Ag.Br2.Cl3OP.ClH.HNO3.H3NO/c10-7-2-1-5(9(11)12)8-6(7)3-13-4-14-8;10-8-2-1-6(3-13-14)9-7(8)4-11-5-12-9;10-8-2-1-6(3-11)9-7(8)4-12-5-13-9;10-8-2-1-6(4-13)9-7(8)3-11-5-12-9;1-6-2-3-8(10)7-4-11-5-12-9(6)7;1-6-3-2-4-7-8(6)11-5-12-9(7)10;1-6-3-2-4-7-8(6)10-5-11-9(7)12;1-7-3-2-4-8-5-10-6-11-9(7)8;1-5-3-2-4-6(7(5)9)8(10)11;1-2(3)4;2-1(3,4)5;2*2-1-3;;;;;;;1-2;1-5(2,3)4;;2-1(3)4;1-2/h1-4,9H;1-5,14H;1-2,4-5H;1-5H;2*2-5H,1H3;2-5H,1H3,(H,10,11,12);2-6H,1H3;2-4H,9H2,1H3,(H,10,11);1H3,(H,3,4);;1H,(H3,2,3);1H,(H2,2,3);5*1H4;;;;1H;(H,2,3,4);2H,1H2/b;13-3-;;;;;;;;;;;;;;;;;;;;;;. The first-order valence-electron chi connectivity index (χ1n) is 37.3. The molecule has 0 bridgehead atoms. The summed E-state index contributed by atoms with van der Waals surface area (Å²) in [4.78, 5) is 121. The molecule has 57 heteroatoms. The Morgan fingerprint density at radius 3 is 1.24 bits per heavy atom. The number of carbonyl (C=O) groups excluding carboxylic acids is 2. The molecule has 8 aromatic heterocycles. The number of carboxylic acids is 2. The predicted molar refractivity (Wildman–Crippen MR) is 626 cm³/mol. The summed E-state index contributed by atoms with van der Waals surface area (Å²) in [6, 6.07) is 43.4. The summed E-state index contributed by atoms with van der Waals surface area (Å²) < 4.78 is 12.8. The molecule has 0 aliphatic carbocycles. The van der Waals surface area contributed by atoms with E-state index >= 15 is 0 Å². The number of aromatic nitrogens is 16. The Balaban J connectivity index is -0.000000289. The number of aromatic carboxylic acids is 1. The molecule has 0 saturated carbocycles. The van der Waals surface area contributed by atoms with Crippen LogP contribution in [0.1, 0.15) is 113 Å². The van der Waals surface area contributed by atoms with Crippen LogP contribution in [0.4, 0.5) is 5.69 Å². The van der Waals surface area contributed by atoms with Gasteiger partial charge < -0.3 is 48.0 Å². The van der Waals surface area contributed by atoms with Crippen LogP contribution in [0.5, 0.6) is 0 Å². The van der Waals surface area contributed by atoms with Crippen LogP contribution in [0.3, 0.4) is 0 Å². The zero-order chi connectivity index (χ0) is 106. The summed E-state index contributed by atoms with van der Waals surface area (Å²) in [6.45, 7) is 10.9. The third-order valence-corrected chi connectivity index (χ3v) is 20.8. The normalized spacial score (nSPS) is 9.34. The summed E-state index contributed by atoms with van der Waals surface area (Å²) in [5.74, 6) is 1.69. The molecule has 147 heavy (non-hydrogen) atoms. The Morgan fingerprint density at radius 2 is 0.844 bits per heavy atom. The number of aromatic amines is 1. The zero-order valence-electron chi connectivity index (χ0n) is 73.1. The number of nitrogens with two attached hydrogens (primary N) is 4. The van der Waals surface area contributed by atoms with Crippen LogP contribution in [-0.2, 0) is 36.5 Å². The Morgan fingerprint density at radius 1 is 0.531 bits per heavy atom. The number of rotatable bonds is 4. The second kappa shape index (κ2) is 82.6. The summed E-state index contributed by atoms with van der Waals surface area (Å²) in [7, 11) is 0. The van der Waals surface area contributed by atoms with Gasteiger partial charge in [-0.05, 0) is 163 Å². The number of aryl methyl sites for hydroxylation is 5. The summed E-state index contributed by atoms with van der Waals surface area (Å²) >= 11 is 68.5. The van der Waals surface area contributed by atoms with E-state index in [0.717, 1.165) is 141 Å². The number of anilines is 1. The van der Waals surface area contributed by atoms with E-state index < -0.39 is 25.5 Å². The Kier molecular flexibility index (Phi) is 84.7. The number of aldehydes is 1. The first-order chi connectivity index (χ1) is 66.3. The Hall–Kier alpha value is -9.17. The van der Waals surface area contributed by atoms with E-state index in [1.165, 1.54) is 55.0 Å². The second-order valence-corrected chi connectivity index (χ2v) is 42.9. The number of nitrogen functional groups attached to an aromatic ring is 1. The molecule has 0 aliphatic heterocycles. The maximum atomic E-state index is 11.2. The fourth-order valence-electron chi connectivity index (χ4n) is 10.4. The van der Waals surface area contributed by atoms with Gasteiger partial charge in [-0.2, -0.15) is 5.26 Å². The molecule has 0 fully saturated rings. The van der Waals surface area contributed by atoms with Gasteiger partial charge in [0.15, 0.2) is 6.29 Å². The van der Waals surface area contributed by atoms with Crippen LogP contribution in [0.2, 0.25) is 5.15 Å². The second-order valence-electron chi connectivity index (χ2n) is 25.2. The number of benzene rings is 9. The molecular formula is C90H95AgBr9Cl9N24O13P. The van der Waals surface area contributed by atoms with Gasteiger partial charge in [0.05, 0.1) is 83.3 Å². The molecule has 9 aromatic carbocycles. The number of hydrogen-bond donors (Lipinski definition) is 11. The molecule has 1 amide bonds. The van der Waals surface area contributed by atoms with Crippen molar-refractivity contribution in [3.8, 4) is 6.07 Å². The zero-order valence-corrected chi connectivity index (χ0v) is 96.6. The van der Waals surface area contributed by atoms with E-state index in [1.54, 1.807) is 81.0 Å². The minimum atomic E-state index is -3.22. The van der Waals surface area contributed by atoms with Crippen LogP contribution >= 0.6 is 249 Å². The van der Waals surface area contributed by atoms with Gasteiger partial charge in [0.1, 0.15) is 55.5 Å². The maximum absolute atomic E-state index is 11.2. The van der Waals surface area contributed by atoms with Crippen LogP contribution in [0.15, 0.2) is 254 Å². The summed E-state index contributed by atoms with van der Waals surface area (Å²) in [6.07, 6.45) is 25.6. The van der Waals surface area contributed by atoms with Gasteiger partial charge >= 0.3 is 11.2 Å². The number of alkyl halides is 6. The molecule has 17 aromatic rings. The number of fused-ring (bicyclic) bond motifs is 8. The number of carboxylic acid groups (broad SMARTS) is 2. The SMILES string of the molecule is BrBr.Brc1ccc(C(Br)Br)c2ncncc12.C.C.C.C.C.CC(=O)O.Cc1ccc(Br)c2cncnc12.Cc1cccc(C(=O)O)c1N.Cc1cccc2c(=O)[nH]cnc12.Cc1cccc2c(Cl)ncnc12.Cc1cccc2cncnc12.Cl.ClC(Cl)(Cl)Cl.N#Cc1ccc(Br)c2cncnc12.N=CN.NC=O.NO.O/N=C\c1ccc(Br)c2cncnc12.O=Cc1ccc(Br)c2cncnc12.O=P(Cl)(Cl)Cl.O=[N+]([O-])O.[Ag]. The Bertz CT molecular complexity index is 6970. The third kappa shape index (κ3) is 57.0. The molecule has 0 aliphatic rings. The molecule has 37 nitrogen and oxygen atoms in total. The number of primary amides is 1. The molecule has 8 heterocycles. The van der Waals surface area contributed by atoms with E-state index in [1.807, 2.05) is 124 Å². The summed E-state index contributed by atoms with van der Waals surface area (Å²) in [5, 5.41) is 66.9. The van der Waals surface area contributed by atoms with Crippen LogP contribution in [-0.4, -0.2) is 151 Å². The van der Waals surface area contributed by atoms with Crippen molar-refractivity contribution in [2.75, 3.05) is 5.73 Å². The quantitative estimate of drug-likeness (QED) is 0.00666. The topological polar surface area (TPSA) is 620 Å². The Labute approximate surface area is 980 Å². The van der Waals surface area contributed by atoms with Gasteiger partial charge in [-0.1, -0.05) is 279 Å². The number of nitriles is 1. The van der Waals surface area contributed by atoms with E-state index in [0.29, 0.717) is 38.4 Å². The number of halogens is 18. The minimum absolute atomic E-state index is 0. The van der Waals surface area contributed by atoms with Crippen molar-refractivity contribution >= 4 is 379 Å². The molecule has 0 spiro atoms. The minimum Gasteiger partial charge on any atom is -0.481 e. The molecule has 795 valence electrons. The average Bonchev–Trinajstić information content (AvgIpc) is 0.803. The largest absolute Gasteiger partial charge is 0.481 e. The molecule has 0 saturated heterocycles. The van der Waals surface area contributed by atoms with E-state index in [9.17, 15) is 18.9 Å². The van der Waals surface area contributed by atoms with Crippen molar-refractivity contribution in [1.29, 1.82) is 10.7 Å². The third-order valence-electron chi connectivity index (χ3n) is 16.1. The average molecular weight is 2900 g/mol. The number of hydrogen-bond acceptors (Lipinski definition) is 30. The first-order valence-corrected chi connectivity index (χ1v) is 53.1. The molecule has 0 atom stereocenters. The van der Waals surface area contributed by atoms with Gasteiger partial charge in [-0.25, -0.2) is 85.5 Å². The van der Waals surface area contributed by atoms with Crippen LogP contribution in [0, 0.1) is 61.5 Å². The van der Waals surface area contributed by atoms with Gasteiger partial charge in [-0.3, -0.25) is 29.2 Å². The van der Waals surface area contributed by atoms with Crippen molar-refractivity contribution in [1.82, 2.24) is 79.7 Å². The molecular weight excluding hydrogens is 2800 g/mol. The fraction of sp³-hybridized carbons (Fsp3) is 0.144. The maximum Gasteiger partial charge on any atom is 0.339 e. The van der Waals surface area contributed by atoms with Crippen molar-refractivity contribution in [3.63, 3.8) is 0 Å². The number of amides is 1. The molecule has 17 rings (SSSR count). The predicted octanol–water partition coefficient (Wildman–Crippen LogP) is 29.0. The van der Waals surface area contributed by atoms with Gasteiger partial charge in [0.2, 0.25) is 6.41 Å². The number of aliphatic carboxylic acids is 1. The van der Waals surface area contributed by atoms with Crippen molar-refractivity contribution < 1.29 is 77.0 Å². The number of oxime groups is 1. The van der Waals surface area contributed by atoms with Gasteiger partial charge in [0, 0.05) is 177 Å². The molecule has 1 radical (unpaired) electrons. The number of carbonyl (C=O) groups is 4. The van der Waals surface area contributed by atoms with Crippen LogP contribution in [0.25, 0.3) is 87.2 Å². The van der Waals surface area contributed by atoms with Crippen molar-refractivity contribution in [2.45, 2.75) is 85.7 Å². The van der Waals surface area contributed by atoms with Gasteiger partial charge in [0.25, 0.3) is 19.9 Å². The fourth-order valence-corrected chi connectivity index (χ4v) is 13.5. The number of H-pyrrole nitrogens is 1. The number of nitrogens with one attached hydrogen (secondary N) is 2. The van der Waals surface area contributed by atoms with E-state index in [2.05, 4.69) is 295 Å². The van der Waals surface area contributed by atoms with Crippen molar-refractivity contribution in [2.24, 2.45) is 22.5 Å². The van der Waals surface area contributed by atoms with Gasteiger partial charge in [-0.15, -0.1) is 22.5 Å². The van der Waals surface area contributed by atoms with E-state index in [4.69, 9.17) is 120 Å². The molecule has 0 unspecified atom stereocenters. The smallest absolute Gasteiger partial charge is 0.339 e. The monoisotopic (exact) mass is 2880 g/mol. The summed E-state index contributed by atoms with van der Waals surface area (Å²) in [5.41, 5.74) is 29.7.